The van der Waals surface area contributed by atoms with Crippen LogP contribution in [0.15, 0.2) is 24.5 Å². The topological polar surface area (TPSA) is 96.6 Å². The summed E-state index contributed by atoms with van der Waals surface area (Å²) in [5.74, 6) is -1.65. The summed E-state index contributed by atoms with van der Waals surface area (Å²) in [6.45, 7) is 0. The lowest BCUT2D eigenvalue weighted by molar-refractivity contribution is -0.142. The Morgan fingerprint density at radius 2 is 2.05 bits per heavy atom. The highest BCUT2D eigenvalue weighted by Gasteiger charge is 2.31. The van der Waals surface area contributed by atoms with Gasteiger partial charge in [-0.2, -0.15) is 14.8 Å². The number of carboxylic acid groups (broad SMARTS) is 1. The van der Waals surface area contributed by atoms with Gasteiger partial charge in [0.15, 0.2) is 0 Å². The van der Waals surface area contributed by atoms with Crippen molar-refractivity contribution in [2.75, 3.05) is 0 Å². The molecule has 0 saturated heterocycles. The van der Waals surface area contributed by atoms with Crippen LogP contribution in [0.5, 0.6) is 0 Å². The van der Waals surface area contributed by atoms with Gasteiger partial charge in [0.2, 0.25) is 0 Å². The predicted molar refractivity (Wildman–Crippen MR) is 78.5 cm³/mol. The van der Waals surface area contributed by atoms with Crippen LogP contribution in [-0.4, -0.2) is 37.9 Å². The van der Waals surface area contributed by atoms with Crippen molar-refractivity contribution in [1.82, 2.24) is 20.1 Å². The standard InChI is InChI=1S/C15H18N4O3/c20-14(11-9-17-19-13(11)7-4-8-16-19)18-12-6-3-1-2-5-10(12)15(21)22/h4,7-10,12H,1-3,5-6H2,(H,18,20)(H,21,22)/t10-,12+/m1/s1. The molecule has 7 heteroatoms. The molecular weight excluding hydrogens is 284 g/mol. The molecule has 116 valence electrons. The molecule has 7 nitrogen and oxygen atoms in total. The smallest absolute Gasteiger partial charge is 0.308 e. The van der Waals surface area contributed by atoms with Gasteiger partial charge in [0.25, 0.3) is 5.91 Å². The molecule has 2 atom stereocenters. The number of fused-ring (bicyclic) bond motifs is 1. The van der Waals surface area contributed by atoms with Crippen molar-refractivity contribution in [3.05, 3.63) is 30.1 Å². The summed E-state index contributed by atoms with van der Waals surface area (Å²) < 4.78 is 1.39. The fourth-order valence-corrected chi connectivity index (χ4v) is 3.03. The van der Waals surface area contributed by atoms with Crippen LogP contribution in [-0.2, 0) is 4.79 Å². The molecule has 1 amide bonds. The van der Waals surface area contributed by atoms with Gasteiger partial charge in [-0.1, -0.05) is 19.3 Å². The molecule has 2 heterocycles. The molecule has 22 heavy (non-hydrogen) atoms. The number of amides is 1. The van der Waals surface area contributed by atoms with E-state index in [9.17, 15) is 14.7 Å². The van der Waals surface area contributed by atoms with Gasteiger partial charge in [0, 0.05) is 12.2 Å². The average molecular weight is 302 g/mol. The zero-order valence-electron chi connectivity index (χ0n) is 12.1. The van der Waals surface area contributed by atoms with Crippen LogP contribution in [0, 0.1) is 5.92 Å². The summed E-state index contributed by atoms with van der Waals surface area (Å²) in [4.78, 5) is 23.9. The largest absolute Gasteiger partial charge is 0.481 e. The molecule has 0 aromatic carbocycles. The first kappa shape index (κ1) is 14.5. The Balaban J connectivity index is 1.81. The number of aromatic nitrogens is 3. The second-order valence-electron chi connectivity index (χ2n) is 5.62. The number of nitrogens with zero attached hydrogens (tertiary/aromatic N) is 3. The fraction of sp³-hybridized carbons (Fsp3) is 0.467. The van der Waals surface area contributed by atoms with Gasteiger partial charge < -0.3 is 10.4 Å². The number of hydrogen-bond acceptors (Lipinski definition) is 4. The molecule has 2 N–H and O–H groups in total. The number of carboxylic acids is 1. The second kappa shape index (κ2) is 6.13. The molecule has 1 saturated carbocycles. The zero-order chi connectivity index (χ0) is 15.5. The predicted octanol–water partition coefficient (Wildman–Crippen LogP) is 1.49. The summed E-state index contributed by atoms with van der Waals surface area (Å²) in [7, 11) is 0. The van der Waals surface area contributed by atoms with Gasteiger partial charge in [-0.05, 0) is 25.0 Å². The number of nitrogens with one attached hydrogen (secondary N) is 1. The van der Waals surface area contributed by atoms with E-state index in [1.165, 1.54) is 10.8 Å². The highest BCUT2D eigenvalue weighted by molar-refractivity contribution is 6.00. The average Bonchev–Trinajstić information content (AvgIpc) is 2.80. The number of carbonyl (C=O) groups is 2. The zero-order valence-corrected chi connectivity index (χ0v) is 12.1. The monoisotopic (exact) mass is 302 g/mol. The maximum Gasteiger partial charge on any atom is 0.308 e. The van der Waals surface area contributed by atoms with Gasteiger partial charge >= 0.3 is 5.97 Å². The van der Waals surface area contributed by atoms with Crippen molar-refractivity contribution in [3.8, 4) is 0 Å². The van der Waals surface area contributed by atoms with Crippen molar-refractivity contribution < 1.29 is 14.7 Å². The van der Waals surface area contributed by atoms with E-state index in [0.717, 1.165) is 19.3 Å². The van der Waals surface area contributed by atoms with Crippen LogP contribution in [0.2, 0.25) is 0 Å². The minimum Gasteiger partial charge on any atom is -0.481 e. The minimum atomic E-state index is -0.839. The number of carbonyl (C=O) groups excluding carboxylic acids is 1. The van der Waals surface area contributed by atoms with Crippen LogP contribution in [0.25, 0.3) is 5.52 Å². The Kier molecular flexibility index (Phi) is 4.04. The van der Waals surface area contributed by atoms with Crippen molar-refractivity contribution in [2.45, 2.75) is 38.1 Å². The molecule has 0 spiro atoms. The van der Waals surface area contributed by atoms with Crippen LogP contribution >= 0.6 is 0 Å². The molecule has 1 aliphatic carbocycles. The Labute approximate surface area is 127 Å². The van der Waals surface area contributed by atoms with Crippen molar-refractivity contribution >= 4 is 17.4 Å². The molecule has 2 aromatic heterocycles. The molecule has 0 bridgehead atoms. The molecular formula is C15H18N4O3. The molecule has 0 radical (unpaired) electrons. The van der Waals surface area contributed by atoms with E-state index in [4.69, 9.17) is 0 Å². The number of rotatable bonds is 3. The van der Waals surface area contributed by atoms with Gasteiger partial charge in [0.05, 0.1) is 17.7 Å². The Bertz CT molecular complexity index is 697. The lowest BCUT2D eigenvalue weighted by Crippen LogP contribution is -2.42. The highest BCUT2D eigenvalue weighted by Crippen LogP contribution is 2.24. The number of aliphatic carboxylic acids is 1. The quantitative estimate of drug-likeness (QED) is 0.837. The first-order chi connectivity index (χ1) is 10.7. The van der Waals surface area contributed by atoms with Crippen molar-refractivity contribution in [1.29, 1.82) is 0 Å². The summed E-state index contributed by atoms with van der Waals surface area (Å²) in [6, 6.07) is 3.16. The SMILES string of the molecule is O=C(N[C@H]1CCCCC[C@H]1C(=O)O)c1cnn2ncccc12. The molecule has 2 aromatic rings. The fourth-order valence-electron chi connectivity index (χ4n) is 3.03. The van der Waals surface area contributed by atoms with Gasteiger partial charge in [0.1, 0.15) is 5.52 Å². The molecule has 3 rings (SSSR count). The van der Waals surface area contributed by atoms with Crippen molar-refractivity contribution in [3.63, 3.8) is 0 Å². The lowest BCUT2D eigenvalue weighted by Gasteiger charge is -2.22. The van der Waals surface area contributed by atoms with E-state index in [0.29, 0.717) is 23.9 Å². The summed E-state index contributed by atoms with van der Waals surface area (Å²) in [5.41, 5.74) is 1.03. The maximum absolute atomic E-state index is 12.5. The van der Waals surface area contributed by atoms with Crippen molar-refractivity contribution in [2.24, 2.45) is 5.92 Å². The third kappa shape index (κ3) is 2.79. The first-order valence-electron chi connectivity index (χ1n) is 7.49. The normalized spacial score (nSPS) is 22.2. The molecule has 0 aliphatic heterocycles. The maximum atomic E-state index is 12.5. The molecule has 1 fully saturated rings. The van der Waals surface area contributed by atoms with Crippen LogP contribution < -0.4 is 5.32 Å². The van der Waals surface area contributed by atoms with E-state index in [-0.39, 0.29) is 11.9 Å². The second-order valence-corrected chi connectivity index (χ2v) is 5.62. The Morgan fingerprint density at radius 3 is 2.86 bits per heavy atom. The van der Waals surface area contributed by atoms with Gasteiger partial charge in [-0.15, -0.1) is 0 Å². The molecule has 0 unspecified atom stereocenters. The third-order valence-electron chi connectivity index (χ3n) is 4.20. The third-order valence-corrected chi connectivity index (χ3v) is 4.20. The highest BCUT2D eigenvalue weighted by atomic mass is 16.4. The van der Waals surface area contributed by atoms with Crippen LogP contribution in [0.1, 0.15) is 42.5 Å². The van der Waals surface area contributed by atoms with E-state index >= 15 is 0 Å². The van der Waals surface area contributed by atoms with Crippen LogP contribution in [0.4, 0.5) is 0 Å². The van der Waals surface area contributed by atoms with Gasteiger partial charge in [-0.3, -0.25) is 9.59 Å². The van der Waals surface area contributed by atoms with E-state index in [1.54, 1.807) is 18.3 Å². The van der Waals surface area contributed by atoms with E-state index in [1.807, 2.05) is 0 Å². The van der Waals surface area contributed by atoms with E-state index in [2.05, 4.69) is 15.5 Å². The van der Waals surface area contributed by atoms with E-state index < -0.39 is 11.9 Å². The van der Waals surface area contributed by atoms with Crippen LogP contribution in [0.3, 0.4) is 0 Å². The number of hydrogen-bond donors (Lipinski definition) is 2. The molecule has 1 aliphatic rings. The first-order valence-corrected chi connectivity index (χ1v) is 7.49. The Morgan fingerprint density at radius 1 is 1.23 bits per heavy atom. The minimum absolute atomic E-state index is 0.291. The lowest BCUT2D eigenvalue weighted by atomic mass is 9.94. The van der Waals surface area contributed by atoms with Gasteiger partial charge in [-0.25, -0.2) is 0 Å². The summed E-state index contributed by atoms with van der Waals surface area (Å²) in [6.07, 6.45) is 7.19. The Hall–Kier alpha value is -2.44. The summed E-state index contributed by atoms with van der Waals surface area (Å²) >= 11 is 0. The summed E-state index contributed by atoms with van der Waals surface area (Å²) in [5, 5.41) is 20.3.